The highest BCUT2D eigenvalue weighted by Crippen LogP contribution is 2.40. The SMILES string of the molecule is Cc1ccc(N=Cc2c(C)c(Cl)c(C)c([N+](=O)[O-])c2O)cc1. The van der Waals surface area contributed by atoms with E-state index in [4.69, 9.17) is 11.6 Å². The average molecular weight is 319 g/mol. The van der Waals surface area contributed by atoms with Crippen LogP contribution < -0.4 is 0 Å². The van der Waals surface area contributed by atoms with Gasteiger partial charge in [-0.3, -0.25) is 15.1 Å². The summed E-state index contributed by atoms with van der Waals surface area (Å²) in [6, 6.07) is 7.46. The first-order chi connectivity index (χ1) is 10.3. The number of aromatic hydroxyl groups is 1. The highest BCUT2D eigenvalue weighted by Gasteiger charge is 2.25. The largest absolute Gasteiger partial charge is 0.502 e. The Hall–Kier alpha value is -2.40. The fourth-order valence-electron chi connectivity index (χ4n) is 2.14. The third kappa shape index (κ3) is 2.94. The van der Waals surface area contributed by atoms with Crippen molar-refractivity contribution in [3.8, 4) is 5.75 Å². The summed E-state index contributed by atoms with van der Waals surface area (Å²) < 4.78 is 0. The van der Waals surface area contributed by atoms with Crippen molar-refractivity contribution in [3.05, 3.63) is 61.7 Å². The zero-order chi connectivity index (χ0) is 16.4. The summed E-state index contributed by atoms with van der Waals surface area (Å²) in [5, 5.41) is 21.5. The van der Waals surface area contributed by atoms with Gasteiger partial charge in [-0.05, 0) is 38.5 Å². The number of phenols is 1. The number of hydrogen-bond donors (Lipinski definition) is 1. The van der Waals surface area contributed by atoms with Crippen LogP contribution in [-0.4, -0.2) is 16.2 Å². The number of benzene rings is 2. The van der Waals surface area contributed by atoms with Crippen molar-refractivity contribution < 1.29 is 10.0 Å². The lowest BCUT2D eigenvalue weighted by Gasteiger charge is -2.10. The molecule has 0 unspecified atom stereocenters. The van der Waals surface area contributed by atoms with Crippen LogP contribution in [0.1, 0.15) is 22.3 Å². The summed E-state index contributed by atoms with van der Waals surface area (Å²) in [5.41, 5.74) is 2.45. The van der Waals surface area contributed by atoms with Gasteiger partial charge in [0.2, 0.25) is 5.75 Å². The van der Waals surface area contributed by atoms with Gasteiger partial charge in [0.05, 0.1) is 15.6 Å². The normalized spacial score (nSPS) is 11.1. The summed E-state index contributed by atoms with van der Waals surface area (Å²) in [6.45, 7) is 5.16. The van der Waals surface area contributed by atoms with E-state index in [1.54, 1.807) is 6.92 Å². The molecule has 0 aliphatic heterocycles. The second-order valence-corrected chi connectivity index (χ2v) is 5.40. The molecule has 0 radical (unpaired) electrons. The van der Waals surface area contributed by atoms with Gasteiger partial charge in [0.1, 0.15) is 0 Å². The van der Waals surface area contributed by atoms with E-state index in [0.29, 0.717) is 11.3 Å². The molecule has 0 fully saturated rings. The van der Waals surface area contributed by atoms with E-state index in [1.165, 1.54) is 13.1 Å². The molecule has 0 aromatic heterocycles. The van der Waals surface area contributed by atoms with Gasteiger partial charge >= 0.3 is 5.69 Å². The quantitative estimate of drug-likeness (QED) is 0.509. The van der Waals surface area contributed by atoms with Crippen molar-refractivity contribution >= 4 is 29.2 Å². The fourth-order valence-corrected chi connectivity index (χ4v) is 2.33. The molecule has 2 aromatic carbocycles. The first-order valence-corrected chi connectivity index (χ1v) is 6.97. The minimum absolute atomic E-state index is 0.245. The molecular formula is C16H15ClN2O3. The smallest absolute Gasteiger partial charge is 0.315 e. The number of aryl methyl sites for hydroxylation is 1. The van der Waals surface area contributed by atoms with Gasteiger partial charge in [-0.25, -0.2) is 0 Å². The first-order valence-electron chi connectivity index (χ1n) is 6.59. The Morgan fingerprint density at radius 3 is 2.32 bits per heavy atom. The van der Waals surface area contributed by atoms with E-state index in [2.05, 4.69) is 4.99 Å². The third-order valence-corrected chi connectivity index (χ3v) is 4.02. The molecule has 22 heavy (non-hydrogen) atoms. The Morgan fingerprint density at radius 1 is 1.18 bits per heavy atom. The van der Waals surface area contributed by atoms with Crippen LogP contribution in [0.15, 0.2) is 29.3 Å². The predicted octanol–water partition coefficient (Wildman–Crippen LogP) is 4.63. The van der Waals surface area contributed by atoms with Crippen LogP contribution in [0, 0.1) is 30.9 Å². The minimum atomic E-state index is -0.640. The maximum atomic E-state index is 11.1. The molecule has 0 atom stereocenters. The third-order valence-electron chi connectivity index (χ3n) is 3.46. The van der Waals surface area contributed by atoms with E-state index in [9.17, 15) is 15.2 Å². The number of hydrogen-bond acceptors (Lipinski definition) is 4. The van der Waals surface area contributed by atoms with Crippen LogP contribution in [0.3, 0.4) is 0 Å². The Balaban J connectivity index is 2.55. The van der Waals surface area contributed by atoms with Crippen molar-refractivity contribution in [1.29, 1.82) is 0 Å². The maximum Gasteiger partial charge on any atom is 0.315 e. The molecule has 0 amide bonds. The summed E-state index contributed by atoms with van der Waals surface area (Å²) in [6.07, 6.45) is 1.40. The predicted molar refractivity (Wildman–Crippen MR) is 87.7 cm³/mol. The summed E-state index contributed by atoms with van der Waals surface area (Å²) >= 11 is 6.13. The number of nitro groups is 1. The second-order valence-electron chi connectivity index (χ2n) is 5.03. The lowest BCUT2D eigenvalue weighted by atomic mass is 10.0. The Labute approximate surface area is 133 Å². The monoisotopic (exact) mass is 318 g/mol. The standard InChI is InChI=1S/C16H15ClN2O3/c1-9-4-6-12(7-5-9)18-8-13-10(2)14(17)11(3)15(16(13)20)19(21)22/h4-8,20H,1-3H3. The molecule has 0 saturated carbocycles. The van der Waals surface area contributed by atoms with Gasteiger partial charge in [0.15, 0.2) is 0 Å². The van der Waals surface area contributed by atoms with Gasteiger partial charge in [0, 0.05) is 17.3 Å². The number of aliphatic imine (C=N–C) groups is 1. The average Bonchev–Trinajstić information content (AvgIpc) is 2.46. The molecule has 0 aliphatic rings. The van der Waals surface area contributed by atoms with E-state index >= 15 is 0 Å². The maximum absolute atomic E-state index is 11.1. The van der Waals surface area contributed by atoms with Crippen LogP contribution in [0.2, 0.25) is 5.02 Å². The molecule has 0 saturated heterocycles. The zero-order valence-corrected chi connectivity index (χ0v) is 13.2. The van der Waals surface area contributed by atoms with E-state index < -0.39 is 10.7 Å². The van der Waals surface area contributed by atoms with Crippen molar-refractivity contribution in [2.75, 3.05) is 0 Å². The Morgan fingerprint density at radius 2 is 1.77 bits per heavy atom. The van der Waals surface area contributed by atoms with Crippen LogP contribution in [0.25, 0.3) is 0 Å². The molecule has 0 heterocycles. The molecule has 2 rings (SSSR count). The van der Waals surface area contributed by atoms with Crippen LogP contribution in [0.4, 0.5) is 11.4 Å². The number of rotatable bonds is 3. The molecule has 6 heteroatoms. The topological polar surface area (TPSA) is 75.7 Å². The molecule has 0 aliphatic carbocycles. The van der Waals surface area contributed by atoms with Crippen LogP contribution >= 0.6 is 11.6 Å². The fraction of sp³-hybridized carbons (Fsp3) is 0.188. The highest BCUT2D eigenvalue weighted by atomic mass is 35.5. The number of phenolic OH excluding ortho intramolecular Hbond substituents is 1. The minimum Gasteiger partial charge on any atom is -0.502 e. The molecular weight excluding hydrogens is 304 g/mol. The van der Waals surface area contributed by atoms with E-state index in [1.807, 2.05) is 31.2 Å². The van der Waals surface area contributed by atoms with Gasteiger partial charge in [0.25, 0.3) is 0 Å². The second kappa shape index (κ2) is 6.15. The van der Waals surface area contributed by atoms with Crippen molar-refractivity contribution in [1.82, 2.24) is 0 Å². The number of nitro benzene ring substituents is 1. The lowest BCUT2D eigenvalue weighted by Crippen LogP contribution is -1.99. The first kappa shape index (κ1) is 16.0. The van der Waals surface area contributed by atoms with Crippen molar-refractivity contribution in [2.45, 2.75) is 20.8 Å². The summed E-state index contributed by atoms with van der Waals surface area (Å²) in [5.74, 6) is -0.416. The van der Waals surface area contributed by atoms with Crippen LogP contribution in [0.5, 0.6) is 5.75 Å². The number of nitrogens with zero attached hydrogens (tertiary/aromatic N) is 2. The van der Waals surface area contributed by atoms with Gasteiger partial charge < -0.3 is 5.11 Å². The van der Waals surface area contributed by atoms with Gasteiger partial charge in [-0.1, -0.05) is 29.3 Å². The molecule has 1 N–H and O–H groups in total. The summed E-state index contributed by atoms with van der Waals surface area (Å²) in [7, 11) is 0. The van der Waals surface area contributed by atoms with Gasteiger partial charge in [-0.2, -0.15) is 0 Å². The van der Waals surface area contributed by atoms with Crippen LogP contribution in [-0.2, 0) is 0 Å². The Bertz CT molecular complexity index is 768. The lowest BCUT2D eigenvalue weighted by molar-refractivity contribution is -0.386. The molecule has 0 spiro atoms. The Kier molecular flexibility index (Phi) is 4.47. The molecule has 0 bridgehead atoms. The van der Waals surface area contributed by atoms with E-state index in [-0.39, 0.29) is 21.8 Å². The molecule has 114 valence electrons. The van der Waals surface area contributed by atoms with Crippen molar-refractivity contribution in [2.24, 2.45) is 4.99 Å². The number of halogens is 1. The molecule has 2 aromatic rings. The van der Waals surface area contributed by atoms with Gasteiger partial charge in [-0.15, -0.1) is 0 Å². The molecule has 5 nitrogen and oxygen atoms in total. The summed E-state index contributed by atoms with van der Waals surface area (Å²) in [4.78, 5) is 14.7. The zero-order valence-electron chi connectivity index (χ0n) is 12.4. The van der Waals surface area contributed by atoms with Crippen molar-refractivity contribution in [3.63, 3.8) is 0 Å². The van der Waals surface area contributed by atoms with E-state index in [0.717, 1.165) is 5.56 Å². The highest BCUT2D eigenvalue weighted by molar-refractivity contribution is 6.33.